The maximum atomic E-state index is 3.49. The number of nitrogens with zero attached hydrogens (tertiary/aromatic N) is 1. The molecule has 2 nitrogen and oxygen atoms in total. The summed E-state index contributed by atoms with van der Waals surface area (Å²) in [4.78, 5) is 2.62. The highest BCUT2D eigenvalue weighted by molar-refractivity contribution is 5.56. The maximum absolute atomic E-state index is 3.49. The van der Waals surface area contributed by atoms with E-state index in [1.807, 2.05) is 0 Å². The number of hydrogen-bond acceptors (Lipinski definition) is 2. The molecule has 0 radical (unpaired) electrons. The maximum Gasteiger partial charge on any atom is 0.0401 e. The lowest BCUT2D eigenvalue weighted by Gasteiger charge is -2.37. The van der Waals surface area contributed by atoms with Crippen LogP contribution in [0.25, 0.3) is 0 Å². The summed E-state index contributed by atoms with van der Waals surface area (Å²) < 4.78 is 0. The molecule has 0 saturated heterocycles. The molecule has 0 bridgehead atoms. The van der Waals surface area contributed by atoms with Crippen LogP contribution in [0.1, 0.15) is 52.0 Å². The van der Waals surface area contributed by atoms with Gasteiger partial charge in [-0.1, -0.05) is 38.5 Å². The van der Waals surface area contributed by atoms with Crippen molar-refractivity contribution in [2.75, 3.05) is 18.0 Å². The second-order valence-corrected chi connectivity index (χ2v) is 6.38. The first-order valence-electron chi connectivity index (χ1n) is 8.26. The van der Waals surface area contributed by atoms with Crippen LogP contribution in [0.15, 0.2) is 24.3 Å². The number of aryl methyl sites for hydroxylation is 1. The summed E-state index contributed by atoms with van der Waals surface area (Å²) in [5.41, 5.74) is 3.01. The van der Waals surface area contributed by atoms with Gasteiger partial charge in [-0.05, 0) is 50.8 Å². The number of anilines is 1. The Labute approximate surface area is 124 Å². The first kappa shape index (κ1) is 15.4. The lowest BCUT2D eigenvalue weighted by molar-refractivity contribution is 0.520. The standard InChI is InChI=1S/C18H30N2/c1-15(2)19-13-7-4-8-14-20-16(3)11-12-17-9-5-6-10-18(17)20/h5-6,9-10,15-16,19H,4,7-8,11-14H2,1-3H3. The third-order valence-corrected chi connectivity index (χ3v) is 4.29. The molecule has 112 valence electrons. The largest absolute Gasteiger partial charge is 0.369 e. The molecule has 0 aromatic heterocycles. The van der Waals surface area contributed by atoms with Crippen LogP contribution >= 0.6 is 0 Å². The average molecular weight is 274 g/mol. The van der Waals surface area contributed by atoms with E-state index in [-0.39, 0.29) is 0 Å². The van der Waals surface area contributed by atoms with Gasteiger partial charge in [0.15, 0.2) is 0 Å². The van der Waals surface area contributed by atoms with Crippen molar-refractivity contribution in [3.05, 3.63) is 29.8 Å². The summed E-state index contributed by atoms with van der Waals surface area (Å²) in [5.74, 6) is 0. The Morgan fingerprint density at radius 3 is 2.80 bits per heavy atom. The SMILES string of the molecule is CC(C)NCCCCCN1c2ccccc2CCC1C. The van der Waals surface area contributed by atoms with Crippen molar-refractivity contribution in [3.63, 3.8) is 0 Å². The molecule has 2 rings (SSSR count). The Balaban J connectivity index is 1.77. The molecular formula is C18H30N2. The zero-order valence-electron chi connectivity index (χ0n) is 13.4. The Kier molecular flexibility index (Phi) is 5.90. The molecule has 1 aromatic carbocycles. The van der Waals surface area contributed by atoms with Crippen LogP contribution in [0.5, 0.6) is 0 Å². The van der Waals surface area contributed by atoms with Crippen LogP contribution in [0, 0.1) is 0 Å². The molecule has 1 aromatic rings. The molecule has 1 atom stereocenters. The van der Waals surface area contributed by atoms with Crippen LogP contribution in [0.2, 0.25) is 0 Å². The van der Waals surface area contributed by atoms with E-state index in [1.165, 1.54) is 49.9 Å². The van der Waals surface area contributed by atoms with Gasteiger partial charge in [0.2, 0.25) is 0 Å². The molecule has 0 spiro atoms. The normalized spacial score (nSPS) is 18.4. The van der Waals surface area contributed by atoms with E-state index >= 15 is 0 Å². The molecule has 1 aliphatic rings. The molecule has 1 N–H and O–H groups in total. The van der Waals surface area contributed by atoms with Gasteiger partial charge in [-0.25, -0.2) is 0 Å². The molecule has 0 amide bonds. The van der Waals surface area contributed by atoms with Crippen molar-refractivity contribution >= 4 is 5.69 Å². The van der Waals surface area contributed by atoms with Crippen LogP contribution in [0.3, 0.4) is 0 Å². The van der Waals surface area contributed by atoms with Crippen molar-refractivity contribution in [3.8, 4) is 0 Å². The Morgan fingerprint density at radius 2 is 2.00 bits per heavy atom. The lowest BCUT2D eigenvalue weighted by atomic mass is 9.96. The Hall–Kier alpha value is -1.02. The fraction of sp³-hybridized carbons (Fsp3) is 0.667. The van der Waals surface area contributed by atoms with E-state index < -0.39 is 0 Å². The Morgan fingerprint density at radius 1 is 1.20 bits per heavy atom. The van der Waals surface area contributed by atoms with Gasteiger partial charge in [0.05, 0.1) is 0 Å². The molecule has 20 heavy (non-hydrogen) atoms. The highest BCUT2D eigenvalue weighted by atomic mass is 15.2. The first-order chi connectivity index (χ1) is 9.68. The molecule has 0 saturated carbocycles. The van der Waals surface area contributed by atoms with Gasteiger partial charge in [-0.2, -0.15) is 0 Å². The predicted molar refractivity (Wildman–Crippen MR) is 88.6 cm³/mol. The lowest BCUT2D eigenvalue weighted by Crippen LogP contribution is -2.38. The highest BCUT2D eigenvalue weighted by Gasteiger charge is 2.21. The van der Waals surface area contributed by atoms with E-state index in [2.05, 4.69) is 55.3 Å². The number of fused-ring (bicyclic) bond motifs is 1. The third-order valence-electron chi connectivity index (χ3n) is 4.29. The predicted octanol–water partition coefficient (Wildman–Crippen LogP) is 4.00. The summed E-state index contributed by atoms with van der Waals surface area (Å²) in [6.07, 6.45) is 6.46. The molecule has 0 fully saturated rings. The molecule has 0 aliphatic carbocycles. The number of hydrogen-bond donors (Lipinski definition) is 1. The zero-order chi connectivity index (χ0) is 14.4. The van der Waals surface area contributed by atoms with Crippen molar-refractivity contribution in [2.45, 2.75) is 65.0 Å². The van der Waals surface area contributed by atoms with Gasteiger partial charge in [0.25, 0.3) is 0 Å². The number of unbranched alkanes of at least 4 members (excludes halogenated alkanes) is 2. The second kappa shape index (κ2) is 7.68. The fourth-order valence-electron chi connectivity index (χ4n) is 3.08. The monoisotopic (exact) mass is 274 g/mol. The molecule has 1 unspecified atom stereocenters. The third kappa shape index (κ3) is 4.24. The minimum absolute atomic E-state index is 0.615. The topological polar surface area (TPSA) is 15.3 Å². The van der Waals surface area contributed by atoms with Crippen molar-refractivity contribution in [1.82, 2.24) is 5.32 Å². The molecule has 2 heteroatoms. The number of nitrogens with one attached hydrogen (secondary N) is 1. The van der Waals surface area contributed by atoms with Crippen LogP contribution in [-0.4, -0.2) is 25.2 Å². The minimum atomic E-state index is 0.615. The van der Waals surface area contributed by atoms with E-state index in [9.17, 15) is 0 Å². The van der Waals surface area contributed by atoms with E-state index in [4.69, 9.17) is 0 Å². The van der Waals surface area contributed by atoms with Crippen LogP contribution < -0.4 is 10.2 Å². The van der Waals surface area contributed by atoms with E-state index in [1.54, 1.807) is 0 Å². The second-order valence-electron chi connectivity index (χ2n) is 6.38. The average Bonchev–Trinajstić information content (AvgIpc) is 2.44. The quantitative estimate of drug-likeness (QED) is 0.756. The summed E-state index contributed by atoms with van der Waals surface area (Å²) in [6, 6.07) is 10.2. The number of benzene rings is 1. The van der Waals surface area contributed by atoms with Gasteiger partial charge < -0.3 is 10.2 Å². The van der Waals surface area contributed by atoms with Crippen molar-refractivity contribution < 1.29 is 0 Å². The van der Waals surface area contributed by atoms with Gasteiger partial charge >= 0.3 is 0 Å². The van der Waals surface area contributed by atoms with Crippen molar-refractivity contribution in [1.29, 1.82) is 0 Å². The smallest absolute Gasteiger partial charge is 0.0401 e. The summed E-state index contributed by atoms with van der Waals surface area (Å²) in [7, 11) is 0. The molecule has 1 heterocycles. The summed E-state index contributed by atoms with van der Waals surface area (Å²) >= 11 is 0. The molecular weight excluding hydrogens is 244 g/mol. The summed E-state index contributed by atoms with van der Waals surface area (Å²) in [5, 5.41) is 3.49. The Bertz CT molecular complexity index is 400. The van der Waals surface area contributed by atoms with E-state index in [0.717, 1.165) is 6.54 Å². The van der Waals surface area contributed by atoms with E-state index in [0.29, 0.717) is 12.1 Å². The van der Waals surface area contributed by atoms with Gasteiger partial charge in [0.1, 0.15) is 0 Å². The fourth-order valence-corrected chi connectivity index (χ4v) is 3.08. The van der Waals surface area contributed by atoms with Gasteiger partial charge in [0, 0.05) is 24.3 Å². The minimum Gasteiger partial charge on any atom is -0.369 e. The van der Waals surface area contributed by atoms with Crippen LogP contribution in [0.4, 0.5) is 5.69 Å². The summed E-state index contributed by atoms with van der Waals surface area (Å²) in [6.45, 7) is 9.17. The van der Waals surface area contributed by atoms with Crippen LogP contribution in [-0.2, 0) is 6.42 Å². The van der Waals surface area contributed by atoms with Gasteiger partial charge in [-0.3, -0.25) is 0 Å². The van der Waals surface area contributed by atoms with Crippen molar-refractivity contribution in [2.24, 2.45) is 0 Å². The number of para-hydroxylation sites is 1. The number of rotatable bonds is 7. The zero-order valence-corrected chi connectivity index (χ0v) is 13.4. The highest BCUT2D eigenvalue weighted by Crippen LogP contribution is 2.30. The van der Waals surface area contributed by atoms with Gasteiger partial charge in [-0.15, -0.1) is 0 Å². The first-order valence-corrected chi connectivity index (χ1v) is 8.26. The molecule has 1 aliphatic heterocycles.